The number of benzene rings is 1. The standard InChI is InChI=1S/C18H19N7O/c1-24-12-21-16(23-24)9-20-18(26)22-15-6-4-5-13-10-25(11-14(13)15)17-7-2-3-8-19-17/h2-8,12H,9-11H2,1H3,(H2,20,22,26). The molecule has 0 saturated heterocycles. The van der Waals surface area contributed by atoms with Gasteiger partial charge in [-0.05, 0) is 23.8 Å². The number of nitrogens with zero attached hydrogens (tertiary/aromatic N) is 5. The fourth-order valence-corrected chi connectivity index (χ4v) is 3.03. The normalized spacial score (nSPS) is 12.7. The van der Waals surface area contributed by atoms with Crippen LogP contribution in [0.15, 0.2) is 48.9 Å². The first-order chi connectivity index (χ1) is 12.7. The van der Waals surface area contributed by atoms with Gasteiger partial charge in [0.15, 0.2) is 5.82 Å². The highest BCUT2D eigenvalue weighted by molar-refractivity contribution is 5.90. The molecule has 4 rings (SSSR count). The van der Waals surface area contributed by atoms with Crippen molar-refractivity contribution in [1.29, 1.82) is 0 Å². The van der Waals surface area contributed by atoms with Gasteiger partial charge in [0.05, 0.1) is 6.54 Å². The van der Waals surface area contributed by atoms with Gasteiger partial charge in [-0.3, -0.25) is 4.68 Å². The third kappa shape index (κ3) is 3.34. The number of pyridine rings is 1. The molecule has 0 atom stereocenters. The highest BCUT2D eigenvalue weighted by atomic mass is 16.2. The van der Waals surface area contributed by atoms with Crippen molar-refractivity contribution in [3.63, 3.8) is 0 Å². The summed E-state index contributed by atoms with van der Waals surface area (Å²) in [5.41, 5.74) is 3.12. The Morgan fingerprint density at radius 1 is 1.15 bits per heavy atom. The number of urea groups is 1. The molecular formula is C18H19N7O. The van der Waals surface area contributed by atoms with Crippen LogP contribution in [0.5, 0.6) is 0 Å². The van der Waals surface area contributed by atoms with Crippen LogP contribution < -0.4 is 15.5 Å². The number of hydrogen-bond donors (Lipinski definition) is 2. The van der Waals surface area contributed by atoms with Gasteiger partial charge in [0.1, 0.15) is 12.1 Å². The molecule has 0 spiro atoms. The number of fused-ring (bicyclic) bond motifs is 1. The van der Waals surface area contributed by atoms with E-state index in [1.807, 2.05) is 30.3 Å². The van der Waals surface area contributed by atoms with Crippen molar-refractivity contribution in [3.05, 3.63) is 65.9 Å². The Hall–Kier alpha value is -3.42. The maximum atomic E-state index is 12.2. The van der Waals surface area contributed by atoms with Crippen molar-refractivity contribution in [3.8, 4) is 0 Å². The summed E-state index contributed by atoms with van der Waals surface area (Å²) in [7, 11) is 1.79. The minimum atomic E-state index is -0.276. The van der Waals surface area contributed by atoms with Gasteiger partial charge in [-0.25, -0.2) is 14.8 Å². The van der Waals surface area contributed by atoms with Gasteiger partial charge in [-0.2, -0.15) is 5.10 Å². The van der Waals surface area contributed by atoms with Gasteiger partial charge in [0.2, 0.25) is 0 Å². The summed E-state index contributed by atoms with van der Waals surface area (Å²) in [5.74, 6) is 1.50. The smallest absolute Gasteiger partial charge is 0.319 e. The molecule has 3 heterocycles. The van der Waals surface area contributed by atoms with Crippen LogP contribution in [-0.4, -0.2) is 25.8 Å². The van der Waals surface area contributed by atoms with Crippen molar-refractivity contribution in [2.45, 2.75) is 19.6 Å². The molecule has 3 aromatic rings. The van der Waals surface area contributed by atoms with E-state index in [9.17, 15) is 4.79 Å². The van der Waals surface area contributed by atoms with Gasteiger partial charge in [0, 0.05) is 37.6 Å². The Morgan fingerprint density at radius 3 is 2.85 bits per heavy atom. The minimum absolute atomic E-state index is 0.276. The van der Waals surface area contributed by atoms with Crippen LogP contribution in [0.4, 0.5) is 16.3 Å². The van der Waals surface area contributed by atoms with Crippen molar-refractivity contribution < 1.29 is 4.79 Å². The Labute approximate surface area is 150 Å². The summed E-state index contributed by atoms with van der Waals surface area (Å²) in [6, 6.07) is 11.5. The lowest BCUT2D eigenvalue weighted by Gasteiger charge is -2.16. The number of nitrogens with one attached hydrogen (secondary N) is 2. The van der Waals surface area contributed by atoms with Crippen LogP contribution in [0, 0.1) is 0 Å². The van der Waals surface area contributed by atoms with E-state index in [0.29, 0.717) is 12.4 Å². The lowest BCUT2D eigenvalue weighted by atomic mass is 10.1. The first-order valence-corrected chi connectivity index (χ1v) is 8.35. The van der Waals surface area contributed by atoms with E-state index in [1.165, 1.54) is 5.56 Å². The number of carbonyl (C=O) groups is 1. The highest BCUT2D eigenvalue weighted by Gasteiger charge is 2.23. The van der Waals surface area contributed by atoms with Gasteiger partial charge in [-0.1, -0.05) is 18.2 Å². The quantitative estimate of drug-likeness (QED) is 0.753. The number of aromatic nitrogens is 4. The molecule has 8 nitrogen and oxygen atoms in total. The zero-order chi connectivity index (χ0) is 17.9. The number of carbonyl (C=O) groups excluding carboxylic acids is 1. The third-order valence-corrected chi connectivity index (χ3v) is 4.26. The third-order valence-electron chi connectivity index (χ3n) is 4.26. The molecular weight excluding hydrogens is 330 g/mol. The first kappa shape index (κ1) is 16.1. The predicted molar refractivity (Wildman–Crippen MR) is 97.4 cm³/mol. The summed E-state index contributed by atoms with van der Waals surface area (Å²) in [4.78, 5) is 22.9. The zero-order valence-electron chi connectivity index (χ0n) is 14.4. The maximum absolute atomic E-state index is 12.2. The summed E-state index contributed by atoms with van der Waals surface area (Å²) in [6.45, 7) is 1.77. The Bertz CT molecular complexity index is 922. The second-order valence-electron chi connectivity index (χ2n) is 6.13. The van der Waals surface area contributed by atoms with Gasteiger partial charge in [0.25, 0.3) is 0 Å². The van der Waals surface area contributed by atoms with Crippen molar-refractivity contribution in [2.75, 3.05) is 10.2 Å². The molecule has 2 aromatic heterocycles. The Morgan fingerprint density at radius 2 is 2.08 bits per heavy atom. The van der Waals surface area contributed by atoms with E-state index < -0.39 is 0 Å². The van der Waals surface area contributed by atoms with Crippen molar-refractivity contribution >= 4 is 17.5 Å². The molecule has 0 fully saturated rings. The molecule has 132 valence electrons. The molecule has 1 aliphatic heterocycles. The summed E-state index contributed by atoms with van der Waals surface area (Å²) < 4.78 is 1.60. The molecule has 0 radical (unpaired) electrons. The van der Waals surface area contributed by atoms with Crippen LogP contribution in [0.2, 0.25) is 0 Å². The molecule has 0 unspecified atom stereocenters. The van der Waals surface area contributed by atoms with Crippen LogP contribution >= 0.6 is 0 Å². The number of amides is 2. The number of rotatable bonds is 4. The second-order valence-corrected chi connectivity index (χ2v) is 6.13. The highest BCUT2D eigenvalue weighted by Crippen LogP contribution is 2.31. The fourth-order valence-electron chi connectivity index (χ4n) is 3.03. The van der Waals surface area contributed by atoms with Crippen LogP contribution in [0.1, 0.15) is 17.0 Å². The second kappa shape index (κ2) is 6.83. The van der Waals surface area contributed by atoms with Gasteiger partial charge < -0.3 is 15.5 Å². The maximum Gasteiger partial charge on any atom is 0.319 e. The van der Waals surface area contributed by atoms with E-state index in [0.717, 1.165) is 23.6 Å². The molecule has 8 heteroatoms. The van der Waals surface area contributed by atoms with Crippen LogP contribution in [0.25, 0.3) is 0 Å². The SMILES string of the molecule is Cn1cnc(CNC(=O)Nc2cccc3c2CN(c2ccccn2)C3)n1. The molecule has 1 aliphatic rings. The number of hydrogen-bond acceptors (Lipinski definition) is 5. The van der Waals surface area contributed by atoms with Crippen LogP contribution in [-0.2, 0) is 26.7 Å². The number of aryl methyl sites for hydroxylation is 1. The molecule has 0 bridgehead atoms. The van der Waals surface area contributed by atoms with E-state index in [4.69, 9.17) is 0 Å². The summed E-state index contributed by atoms with van der Waals surface area (Å²) in [6.07, 6.45) is 3.39. The number of anilines is 2. The average Bonchev–Trinajstić information content (AvgIpc) is 3.27. The monoisotopic (exact) mass is 349 g/mol. The lowest BCUT2D eigenvalue weighted by Crippen LogP contribution is -2.29. The molecule has 2 N–H and O–H groups in total. The predicted octanol–water partition coefficient (Wildman–Crippen LogP) is 2.05. The van der Waals surface area contributed by atoms with E-state index in [-0.39, 0.29) is 12.6 Å². The van der Waals surface area contributed by atoms with Gasteiger partial charge >= 0.3 is 6.03 Å². The van der Waals surface area contributed by atoms with Crippen LogP contribution in [0.3, 0.4) is 0 Å². The lowest BCUT2D eigenvalue weighted by molar-refractivity contribution is 0.251. The van der Waals surface area contributed by atoms with Crippen molar-refractivity contribution in [1.82, 2.24) is 25.1 Å². The molecule has 26 heavy (non-hydrogen) atoms. The summed E-state index contributed by atoms with van der Waals surface area (Å²) >= 11 is 0. The van der Waals surface area contributed by atoms with Gasteiger partial charge in [-0.15, -0.1) is 0 Å². The fraction of sp³-hybridized carbons (Fsp3) is 0.222. The Kier molecular flexibility index (Phi) is 4.22. The van der Waals surface area contributed by atoms with E-state index >= 15 is 0 Å². The van der Waals surface area contributed by atoms with Crippen molar-refractivity contribution in [2.24, 2.45) is 7.05 Å². The topological polar surface area (TPSA) is 88.0 Å². The zero-order valence-corrected chi connectivity index (χ0v) is 14.4. The molecule has 0 saturated carbocycles. The van der Waals surface area contributed by atoms with E-state index in [1.54, 1.807) is 24.3 Å². The largest absolute Gasteiger partial charge is 0.348 e. The average molecular weight is 349 g/mol. The first-order valence-electron chi connectivity index (χ1n) is 8.35. The molecule has 1 aromatic carbocycles. The molecule has 0 aliphatic carbocycles. The summed E-state index contributed by atoms with van der Waals surface area (Å²) in [5, 5.41) is 9.85. The molecule has 2 amide bonds. The Balaban J connectivity index is 1.43. The minimum Gasteiger partial charge on any atom is -0.348 e. The van der Waals surface area contributed by atoms with E-state index in [2.05, 4.69) is 36.7 Å².